The van der Waals surface area contributed by atoms with Crippen molar-refractivity contribution < 1.29 is 9.18 Å². The van der Waals surface area contributed by atoms with Crippen LogP contribution < -0.4 is 0 Å². The highest BCUT2D eigenvalue weighted by Gasteiger charge is 2.10. The highest BCUT2D eigenvalue weighted by molar-refractivity contribution is 5.82. The van der Waals surface area contributed by atoms with Gasteiger partial charge < -0.3 is 4.57 Å². The van der Waals surface area contributed by atoms with Gasteiger partial charge in [0.2, 0.25) is 0 Å². The summed E-state index contributed by atoms with van der Waals surface area (Å²) in [7, 11) is 1.83. The Labute approximate surface area is 98.9 Å². The van der Waals surface area contributed by atoms with Gasteiger partial charge in [-0.2, -0.15) is 0 Å². The smallest absolute Gasteiger partial charge is 0.144 e. The fourth-order valence-electron chi connectivity index (χ4n) is 1.66. The van der Waals surface area contributed by atoms with E-state index >= 15 is 0 Å². The van der Waals surface area contributed by atoms with E-state index in [1.165, 1.54) is 6.07 Å². The van der Waals surface area contributed by atoms with Gasteiger partial charge in [-0.1, -0.05) is 18.2 Å². The van der Waals surface area contributed by atoms with Crippen molar-refractivity contribution in [1.29, 1.82) is 0 Å². The van der Waals surface area contributed by atoms with E-state index in [0.29, 0.717) is 11.4 Å². The summed E-state index contributed by atoms with van der Waals surface area (Å²) in [5.41, 5.74) is 0.437. The van der Waals surface area contributed by atoms with Crippen molar-refractivity contribution in [3.8, 4) is 0 Å². The van der Waals surface area contributed by atoms with Gasteiger partial charge in [0.25, 0.3) is 0 Å². The van der Waals surface area contributed by atoms with E-state index in [0.717, 1.165) is 0 Å². The lowest BCUT2D eigenvalue weighted by Gasteiger charge is -2.03. The maximum atomic E-state index is 13.3. The van der Waals surface area contributed by atoms with Crippen LogP contribution in [0.1, 0.15) is 11.4 Å². The molecule has 0 atom stereocenters. The maximum absolute atomic E-state index is 13.3. The summed E-state index contributed by atoms with van der Waals surface area (Å²) in [6, 6.07) is 6.34. The monoisotopic (exact) mass is 232 g/mol. The second-order valence-electron chi connectivity index (χ2n) is 3.94. The second-order valence-corrected chi connectivity index (χ2v) is 3.94. The van der Waals surface area contributed by atoms with Crippen LogP contribution in [0.25, 0.3) is 0 Å². The Bertz CT molecular complexity index is 534. The van der Waals surface area contributed by atoms with E-state index in [2.05, 4.69) is 4.98 Å². The zero-order valence-corrected chi connectivity index (χ0v) is 9.56. The summed E-state index contributed by atoms with van der Waals surface area (Å²) < 4.78 is 15.1. The zero-order valence-electron chi connectivity index (χ0n) is 9.56. The van der Waals surface area contributed by atoms with Crippen molar-refractivity contribution in [3.05, 3.63) is 53.9 Å². The minimum Gasteiger partial charge on any atom is -0.338 e. The number of aromatic nitrogens is 2. The van der Waals surface area contributed by atoms with Crippen LogP contribution in [-0.4, -0.2) is 15.3 Å². The van der Waals surface area contributed by atoms with Crippen LogP contribution in [0.4, 0.5) is 4.39 Å². The molecular formula is C13H13FN2O. The van der Waals surface area contributed by atoms with Crippen molar-refractivity contribution in [2.24, 2.45) is 7.05 Å². The van der Waals surface area contributed by atoms with Crippen molar-refractivity contribution in [3.63, 3.8) is 0 Å². The molecule has 1 aromatic heterocycles. The van der Waals surface area contributed by atoms with Gasteiger partial charge in [0, 0.05) is 25.9 Å². The van der Waals surface area contributed by atoms with Gasteiger partial charge in [-0.05, 0) is 11.6 Å². The third-order valence-electron chi connectivity index (χ3n) is 2.62. The third-order valence-corrected chi connectivity index (χ3v) is 2.62. The molecular weight excluding hydrogens is 219 g/mol. The quantitative estimate of drug-likeness (QED) is 0.807. The predicted octanol–water partition coefficient (Wildman–Crippen LogP) is 1.91. The Balaban J connectivity index is 2.03. The first-order chi connectivity index (χ1) is 8.16. The van der Waals surface area contributed by atoms with Gasteiger partial charge in [-0.25, -0.2) is 9.37 Å². The minimum atomic E-state index is -0.333. The number of benzene rings is 1. The molecule has 0 N–H and O–H groups in total. The van der Waals surface area contributed by atoms with Crippen LogP contribution in [0.2, 0.25) is 0 Å². The highest BCUT2D eigenvalue weighted by Crippen LogP contribution is 2.09. The first-order valence-electron chi connectivity index (χ1n) is 5.38. The molecule has 0 aliphatic carbocycles. The summed E-state index contributed by atoms with van der Waals surface area (Å²) in [5.74, 6) is 0.330. The number of ketones is 1. The standard InChI is InChI=1S/C13H13FN2O/c1-16-7-6-15-13(16)9-11(17)8-10-4-2-3-5-12(10)14/h2-7H,8-9H2,1H3. The molecule has 0 amide bonds. The fraction of sp³-hybridized carbons (Fsp3) is 0.231. The molecule has 0 bridgehead atoms. The normalized spacial score (nSPS) is 10.5. The van der Waals surface area contributed by atoms with Crippen LogP contribution in [0, 0.1) is 5.82 Å². The Hall–Kier alpha value is -1.97. The molecule has 0 aliphatic heterocycles. The number of halogens is 1. The molecule has 1 heterocycles. The summed E-state index contributed by atoms with van der Waals surface area (Å²) in [6.07, 6.45) is 3.77. The van der Waals surface area contributed by atoms with Gasteiger partial charge in [-0.3, -0.25) is 4.79 Å². The number of carbonyl (C=O) groups excluding carboxylic acids is 1. The van der Waals surface area contributed by atoms with Crippen molar-refractivity contribution >= 4 is 5.78 Å². The van der Waals surface area contributed by atoms with Gasteiger partial charge in [0.05, 0.1) is 6.42 Å². The summed E-state index contributed by atoms with van der Waals surface area (Å²) in [6.45, 7) is 0. The molecule has 3 nitrogen and oxygen atoms in total. The molecule has 0 saturated heterocycles. The van der Waals surface area contributed by atoms with Crippen LogP contribution in [-0.2, 0) is 24.7 Å². The van der Waals surface area contributed by atoms with E-state index in [1.54, 1.807) is 35.2 Å². The Kier molecular flexibility index (Phi) is 3.32. The van der Waals surface area contributed by atoms with E-state index < -0.39 is 0 Å². The van der Waals surface area contributed by atoms with Gasteiger partial charge in [-0.15, -0.1) is 0 Å². The van der Waals surface area contributed by atoms with Gasteiger partial charge >= 0.3 is 0 Å². The van der Waals surface area contributed by atoms with Crippen LogP contribution in [0.15, 0.2) is 36.7 Å². The number of imidazole rings is 1. The van der Waals surface area contributed by atoms with Crippen molar-refractivity contribution in [2.45, 2.75) is 12.8 Å². The molecule has 1 aromatic carbocycles. The van der Waals surface area contributed by atoms with Crippen molar-refractivity contribution in [2.75, 3.05) is 0 Å². The average molecular weight is 232 g/mol. The number of aryl methyl sites for hydroxylation is 1. The molecule has 0 radical (unpaired) electrons. The molecule has 2 rings (SSSR count). The Morgan fingerprint density at radius 1 is 1.35 bits per heavy atom. The van der Waals surface area contributed by atoms with Gasteiger partial charge in [0.1, 0.15) is 17.4 Å². The molecule has 2 aromatic rings. The van der Waals surface area contributed by atoms with E-state index in [9.17, 15) is 9.18 Å². The van der Waals surface area contributed by atoms with E-state index in [-0.39, 0.29) is 24.4 Å². The first-order valence-corrected chi connectivity index (χ1v) is 5.38. The number of carbonyl (C=O) groups is 1. The molecule has 0 aliphatic rings. The number of Topliss-reactive ketones (excluding diaryl/α,β-unsaturated/α-hetero) is 1. The minimum absolute atomic E-state index is 0.0376. The lowest BCUT2D eigenvalue weighted by molar-refractivity contribution is -0.118. The topological polar surface area (TPSA) is 34.9 Å². The molecule has 88 valence electrons. The molecule has 0 unspecified atom stereocenters. The summed E-state index contributed by atoms with van der Waals surface area (Å²) in [5, 5.41) is 0. The average Bonchev–Trinajstić information content (AvgIpc) is 2.68. The highest BCUT2D eigenvalue weighted by atomic mass is 19.1. The first kappa shape index (κ1) is 11.5. The van der Waals surface area contributed by atoms with Crippen molar-refractivity contribution in [1.82, 2.24) is 9.55 Å². The lowest BCUT2D eigenvalue weighted by atomic mass is 10.1. The molecule has 17 heavy (non-hydrogen) atoms. The second kappa shape index (κ2) is 4.91. The molecule has 4 heteroatoms. The van der Waals surface area contributed by atoms with Crippen LogP contribution in [0.5, 0.6) is 0 Å². The lowest BCUT2D eigenvalue weighted by Crippen LogP contribution is -2.11. The van der Waals surface area contributed by atoms with Crippen LogP contribution in [0.3, 0.4) is 0 Å². The molecule has 0 spiro atoms. The number of hydrogen-bond acceptors (Lipinski definition) is 2. The van der Waals surface area contributed by atoms with E-state index in [4.69, 9.17) is 0 Å². The number of rotatable bonds is 4. The Morgan fingerprint density at radius 3 is 2.76 bits per heavy atom. The van der Waals surface area contributed by atoms with Crippen LogP contribution >= 0.6 is 0 Å². The van der Waals surface area contributed by atoms with E-state index in [1.807, 2.05) is 7.05 Å². The Morgan fingerprint density at radius 2 is 2.12 bits per heavy atom. The summed E-state index contributed by atoms with van der Waals surface area (Å²) in [4.78, 5) is 15.8. The number of hydrogen-bond donors (Lipinski definition) is 0. The summed E-state index contributed by atoms with van der Waals surface area (Å²) >= 11 is 0. The maximum Gasteiger partial charge on any atom is 0.144 e. The van der Waals surface area contributed by atoms with Gasteiger partial charge in [0.15, 0.2) is 0 Å². The predicted molar refractivity (Wildman–Crippen MR) is 62.0 cm³/mol. The molecule has 0 saturated carbocycles. The molecule has 0 fully saturated rings. The third kappa shape index (κ3) is 2.78. The zero-order chi connectivity index (χ0) is 12.3. The SMILES string of the molecule is Cn1ccnc1CC(=O)Cc1ccccc1F. The fourth-order valence-corrected chi connectivity index (χ4v) is 1.66. The number of nitrogens with zero attached hydrogens (tertiary/aromatic N) is 2. The largest absolute Gasteiger partial charge is 0.338 e.